The lowest BCUT2D eigenvalue weighted by atomic mass is 9.64. The number of nitrogens with zero attached hydrogens (tertiary/aromatic N) is 2. The predicted octanol–water partition coefficient (Wildman–Crippen LogP) is 2.61. The maximum absolute atomic E-state index is 13.5. The fraction of sp³-hybridized carbons (Fsp3) is 0.481. The molecule has 5 aliphatic rings. The van der Waals surface area contributed by atoms with Crippen LogP contribution in [0.25, 0.3) is 5.76 Å². The Morgan fingerprint density at radius 2 is 1.56 bits per heavy atom. The van der Waals surface area contributed by atoms with E-state index in [9.17, 15) is 30.0 Å². The van der Waals surface area contributed by atoms with E-state index in [1.807, 2.05) is 11.0 Å². The zero-order valence-electron chi connectivity index (χ0n) is 20.0. The zero-order valence-corrected chi connectivity index (χ0v) is 20.0. The van der Waals surface area contributed by atoms with E-state index in [-0.39, 0.29) is 39.9 Å². The molecule has 190 valence electrons. The number of likely N-dealkylation sites (tertiary alicyclic amines) is 1. The van der Waals surface area contributed by atoms with Gasteiger partial charge in [0, 0.05) is 35.8 Å². The highest BCUT2D eigenvalue weighted by atomic mass is 16.3. The van der Waals surface area contributed by atoms with Crippen LogP contribution in [0.3, 0.4) is 0 Å². The number of benzene rings is 1. The zero-order chi connectivity index (χ0) is 25.3. The molecule has 0 bridgehead atoms. The van der Waals surface area contributed by atoms with Crippen molar-refractivity contribution in [2.75, 3.05) is 31.1 Å². The van der Waals surface area contributed by atoms with Gasteiger partial charge in [-0.05, 0) is 75.2 Å². The summed E-state index contributed by atoms with van der Waals surface area (Å²) in [7, 11) is 0. The molecule has 0 spiro atoms. The first kappa shape index (κ1) is 23.0. The molecule has 6 rings (SSSR count). The van der Waals surface area contributed by atoms with E-state index in [1.165, 1.54) is 0 Å². The Labute approximate surface area is 208 Å². The number of hydrogen-bond acceptors (Lipinski definition) is 8. The van der Waals surface area contributed by atoms with Gasteiger partial charge in [0.2, 0.25) is 0 Å². The Morgan fingerprint density at radius 3 is 2.22 bits per heavy atom. The molecule has 6 N–H and O–H groups in total. The van der Waals surface area contributed by atoms with Gasteiger partial charge in [-0.2, -0.15) is 0 Å². The predicted molar refractivity (Wildman–Crippen MR) is 133 cm³/mol. The van der Waals surface area contributed by atoms with Crippen LogP contribution in [0.2, 0.25) is 0 Å². The maximum atomic E-state index is 13.5. The molecule has 36 heavy (non-hydrogen) atoms. The number of hydrogen-bond donors (Lipinski definition) is 5. The number of phenolic OH excluding ortho intramolecular Hbond substituents is 1. The number of carbonyl (C=O) groups is 2. The van der Waals surface area contributed by atoms with E-state index in [4.69, 9.17) is 5.73 Å². The Kier molecular flexibility index (Phi) is 5.29. The first-order valence-electron chi connectivity index (χ1n) is 12.8. The molecule has 1 aromatic rings. The molecule has 0 aromatic heterocycles. The summed E-state index contributed by atoms with van der Waals surface area (Å²) in [4.78, 5) is 29.9. The van der Waals surface area contributed by atoms with Gasteiger partial charge in [-0.25, -0.2) is 0 Å². The van der Waals surface area contributed by atoms with Crippen LogP contribution in [0.15, 0.2) is 40.4 Å². The summed E-state index contributed by atoms with van der Waals surface area (Å²) in [6.45, 7) is 3.17. The van der Waals surface area contributed by atoms with Crippen LogP contribution in [-0.2, 0) is 16.0 Å². The van der Waals surface area contributed by atoms with Crippen molar-refractivity contribution in [2.45, 2.75) is 44.6 Å². The number of rotatable bonds is 3. The molecule has 2 heterocycles. The topological polar surface area (TPSA) is 148 Å². The number of amides is 1. The second-order valence-electron chi connectivity index (χ2n) is 10.6. The number of aliphatic hydroxyl groups excluding tert-OH is 3. The molecule has 2 saturated heterocycles. The molecular formula is C27H31N3O6. The van der Waals surface area contributed by atoms with Gasteiger partial charge in [-0.15, -0.1) is 0 Å². The SMILES string of the molecule is NC(=O)C1=C(O)C2=C(O)C3=C(O)c4c(O)ccc(N5CCCC5)c4CC3CC2C(N2CCCC2)C1=O. The lowest BCUT2D eigenvalue weighted by Gasteiger charge is -2.44. The van der Waals surface area contributed by atoms with Crippen LogP contribution in [-0.4, -0.2) is 69.2 Å². The first-order valence-corrected chi connectivity index (χ1v) is 12.8. The summed E-state index contributed by atoms with van der Waals surface area (Å²) in [6.07, 6.45) is 4.87. The second-order valence-corrected chi connectivity index (χ2v) is 10.6. The highest BCUT2D eigenvalue weighted by Gasteiger charge is 2.52. The number of anilines is 1. The first-order chi connectivity index (χ1) is 17.3. The number of Topliss-reactive ketones (excluding diaryl/α,β-unsaturated/α-hetero) is 1. The van der Waals surface area contributed by atoms with Crippen molar-refractivity contribution in [3.8, 4) is 5.75 Å². The molecule has 1 amide bonds. The van der Waals surface area contributed by atoms with Gasteiger partial charge in [-0.3, -0.25) is 14.5 Å². The van der Waals surface area contributed by atoms with Crippen LogP contribution in [0.1, 0.15) is 43.2 Å². The van der Waals surface area contributed by atoms with Crippen molar-refractivity contribution in [1.29, 1.82) is 0 Å². The van der Waals surface area contributed by atoms with Gasteiger partial charge < -0.3 is 31.1 Å². The molecule has 1 aromatic carbocycles. The van der Waals surface area contributed by atoms with Crippen molar-refractivity contribution in [3.63, 3.8) is 0 Å². The van der Waals surface area contributed by atoms with E-state index < -0.39 is 35.0 Å². The van der Waals surface area contributed by atoms with Crippen LogP contribution < -0.4 is 10.6 Å². The highest BCUT2D eigenvalue weighted by Crippen LogP contribution is 2.53. The summed E-state index contributed by atoms with van der Waals surface area (Å²) < 4.78 is 0. The highest BCUT2D eigenvalue weighted by molar-refractivity contribution is 6.22. The largest absolute Gasteiger partial charge is 0.507 e. The number of aromatic hydroxyl groups is 1. The molecule has 3 aliphatic carbocycles. The molecule has 3 unspecified atom stereocenters. The van der Waals surface area contributed by atoms with Crippen LogP contribution >= 0.6 is 0 Å². The number of phenols is 1. The van der Waals surface area contributed by atoms with Crippen molar-refractivity contribution in [2.24, 2.45) is 17.6 Å². The third kappa shape index (κ3) is 3.18. The van der Waals surface area contributed by atoms with Crippen molar-refractivity contribution in [1.82, 2.24) is 4.90 Å². The quantitative estimate of drug-likeness (QED) is 0.404. The van der Waals surface area contributed by atoms with E-state index in [1.54, 1.807) is 6.07 Å². The van der Waals surface area contributed by atoms with Gasteiger partial charge in [0.1, 0.15) is 28.6 Å². The summed E-state index contributed by atoms with van der Waals surface area (Å²) in [5, 5.41) is 44.6. The van der Waals surface area contributed by atoms with Crippen molar-refractivity contribution >= 4 is 23.1 Å². The van der Waals surface area contributed by atoms with Crippen LogP contribution in [0, 0.1) is 11.8 Å². The molecule has 2 fully saturated rings. The second kappa shape index (κ2) is 8.30. The number of fused-ring (bicyclic) bond motifs is 3. The van der Waals surface area contributed by atoms with Gasteiger partial charge >= 0.3 is 0 Å². The minimum Gasteiger partial charge on any atom is -0.507 e. The maximum Gasteiger partial charge on any atom is 0.256 e. The lowest BCUT2D eigenvalue weighted by molar-refractivity contribution is -0.126. The standard InChI is InChI=1S/C27H31N3O6/c28-27(36)21-25(34)20-15(22(26(21)35)30-9-3-4-10-30)12-13-11-14-16(29-7-1-2-8-29)5-6-17(31)19(14)23(32)18(13)24(20)33/h5-6,13,15,22,31-34H,1-4,7-12H2,(H2,28,36). The Bertz CT molecular complexity index is 1270. The number of carbonyl (C=O) groups excluding carboxylic acids is 2. The summed E-state index contributed by atoms with van der Waals surface area (Å²) in [5.41, 5.74) is 7.39. The third-order valence-corrected chi connectivity index (χ3v) is 8.65. The number of primary amides is 1. The monoisotopic (exact) mass is 493 g/mol. The van der Waals surface area contributed by atoms with E-state index >= 15 is 0 Å². The minimum absolute atomic E-state index is 0.0803. The minimum atomic E-state index is -1.04. The van der Waals surface area contributed by atoms with Gasteiger partial charge in [0.15, 0.2) is 5.78 Å². The molecular weight excluding hydrogens is 462 g/mol. The number of allylic oxidation sites excluding steroid dienone is 2. The van der Waals surface area contributed by atoms with E-state index in [0.717, 1.165) is 50.0 Å². The van der Waals surface area contributed by atoms with Gasteiger partial charge in [-0.1, -0.05) is 0 Å². The summed E-state index contributed by atoms with van der Waals surface area (Å²) in [6, 6.07) is 2.73. The molecule has 2 aliphatic heterocycles. The number of ketones is 1. The molecule has 9 heteroatoms. The smallest absolute Gasteiger partial charge is 0.256 e. The third-order valence-electron chi connectivity index (χ3n) is 8.65. The van der Waals surface area contributed by atoms with Gasteiger partial charge in [0.25, 0.3) is 5.91 Å². The fourth-order valence-corrected chi connectivity index (χ4v) is 7.11. The van der Waals surface area contributed by atoms with Crippen molar-refractivity contribution in [3.05, 3.63) is 51.5 Å². The summed E-state index contributed by atoms with van der Waals surface area (Å²) in [5.74, 6) is -3.67. The van der Waals surface area contributed by atoms with Crippen molar-refractivity contribution < 1.29 is 30.0 Å². The normalized spacial score (nSPS) is 28.5. The number of nitrogens with two attached hydrogens (primary N) is 1. The van der Waals surface area contributed by atoms with E-state index in [0.29, 0.717) is 25.9 Å². The summed E-state index contributed by atoms with van der Waals surface area (Å²) >= 11 is 0. The Balaban J connectivity index is 1.55. The Hall–Kier alpha value is -3.46. The molecule has 9 nitrogen and oxygen atoms in total. The fourth-order valence-electron chi connectivity index (χ4n) is 7.11. The Morgan fingerprint density at radius 1 is 0.889 bits per heavy atom. The molecule has 3 atom stereocenters. The average molecular weight is 494 g/mol. The number of aliphatic hydroxyl groups is 3. The molecule has 0 saturated carbocycles. The van der Waals surface area contributed by atoms with E-state index in [2.05, 4.69) is 4.90 Å². The lowest BCUT2D eigenvalue weighted by Crippen LogP contribution is -2.52. The molecule has 0 radical (unpaired) electrons. The van der Waals surface area contributed by atoms with Crippen LogP contribution in [0.5, 0.6) is 5.75 Å². The van der Waals surface area contributed by atoms with Crippen LogP contribution in [0.4, 0.5) is 5.69 Å². The average Bonchev–Trinajstić information content (AvgIpc) is 3.53. The van der Waals surface area contributed by atoms with Gasteiger partial charge in [0.05, 0.1) is 11.6 Å².